The van der Waals surface area contributed by atoms with Crippen molar-refractivity contribution in [3.05, 3.63) is 53.3 Å². The molecule has 4 rings (SSSR count). The predicted molar refractivity (Wildman–Crippen MR) is 102 cm³/mol. The molecule has 0 fully saturated rings. The van der Waals surface area contributed by atoms with Crippen molar-refractivity contribution >= 4 is 16.6 Å². The Hall–Kier alpha value is -2.09. The highest BCUT2D eigenvalue weighted by Gasteiger charge is 2.41. The van der Waals surface area contributed by atoms with E-state index in [-0.39, 0.29) is 17.1 Å². The number of ether oxygens (including phenoxy) is 1. The van der Waals surface area contributed by atoms with Crippen LogP contribution in [0.4, 0.5) is 0 Å². The number of hydrogen-bond donors (Lipinski definition) is 0. The zero-order chi connectivity index (χ0) is 17.6. The van der Waals surface area contributed by atoms with Gasteiger partial charge in [-0.15, -0.1) is 0 Å². The largest absolute Gasteiger partial charge is 0.461 e. The van der Waals surface area contributed by atoms with Crippen LogP contribution in [0.15, 0.2) is 47.7 Å². The Kier molecular flexibility index (Phi) is 3.94. The smallest absolute Gasteiger partial charge is 0.163 e. The molecule has 2 heteroatoms. The van der Waals surface area contributed by atoms with Gasteiger partial charge in [0.1, 0.15) is 11.5 Å². The van der Waals surface area contributed by atoms with Gasteiger partial charge < -0.3 is 4.74 Å². The topological polar surface area (TPSA) is 26.3 Å². The summed E-state index contributed by atoms with van der Waals surface area (Å²) in [5.74, 6) is 2.33. The number of hydrogen-bond acceptors (Lipinski definition) is 2. The summed E-state index contributed by atoms with van der Waals surface area (Å²) >= 11 is 0. The van der Waals surface area contributed by atoms with Crippen molar-refractivity contribution in [1.29, 1.82) is 0 Å². The third-order valence-corrected chi connectivity index (χ3v) is 5.59. The van der Waals surface area contributed by atoms with E-state index in [4.69, 9.17) is 4.74 Å². The number of carbonyl (C=O) groups is 1. The first-order valence-corrected chi connectivity index (χ1v) is 9.46. The Morgan fingerprint density at radius 3 is 2.72 bits per heavy atom. The van der Waals surface area contributed by atoms with E-state index in [9.17, 15) is 4.79 Å². The molecule has 0 N–H and O–H groups in total. The number of Topliss-reactive ketones (excluding diaryl/α,β-unsaturated/α-hetero) is 1. The van der Waals surface area contributed by atoms with Crippen LogP contribution < -0.4 is 4.74 Å². The number of carbonyl (C=O) groups excluding carboxylic acids is 1. The lowest BCUT2D eigenvalue weighted by Crippen LogP contribution is -2.32. The number of allylic oxidation sites excluding steroid dienone is 2. The van der Waals surface area contributed by atoms with Crippen LogP contribution in [0.25, 0.3) is 10.8 Å². The van der Waals surface area contributed by atoms with Crippen molar-refractivity contribution in [3.8, 4) is 5.75 Å². The fourth-order valence-electron chi connectivity index (χ4n) is 4.46. The number of rotatable bonds is 3. The first-order valence-electron chi connectivity index (χ1n) is 9.46. The van der Waals surface area contributed by atoms with E-state index >= 15 is 0 Å². The molecule has 130 valence electrons. The van der Waals surface area contributed by atoms with Crippen LogP contribution in [0.2, 0.25) is 0 Å². The fourth-order valence-corrected chi connectivity index (χ4v) is 4.46. The summed E-state index contributed by atoms with van der Waals surface area (Å²) in [6.45, 7) is 6.54. The highest BCUT2D eigenvalue weighted by molar-refractivity contribution is 6.01. The van der Waals surface area contributed by atoms with Crippen molar-refractivity contribution < 1.29 is 9.53 Å². The molecule has 2 aliphatic rings. The molecule has 2 aromatic rings. The second-order valence-electron chi connectivity index (χ2n) is 8.27. The van der Waals surface area contributed by atoms with Gasteiger partial charge in [-0.25, -0.2) is 0 Å². The van der Waals surface area contributed by atoms with Crippen molar-refractivity contribution in [1.82, 2.24) is 0 Å². The van der Waals surface area contributed by atoms with Gasteiger partial charge >= 0.3 is 0 Å². The molecule has 1 unspecified atom stereocenters. The van der Waals surface area contributed by atoms with Crippen molar-refractivity contribution in [2.75, 3.05) is 0 Å². The molecule has 0 aromatic heterocycles. The highest BCUT2D eigenvalue weighted by atomic mass is 16.5. The van der Waals surface area contributed by atoms with E-state index in [0.29, 0.717) is 6.42 Å². The van der Waals surface area contributed by atoms with E-state index in [0.717, 1.165) is 42.8 Å². The van der Waals surface area contributed by atoms with Gasteiger partial charge in [-0.3, -0.25) is 4.79 Å². The van der Waals surface area contributed by atoms with Crippen LogP contribution in [0, 0.1) is 5.41 Å². The van der Waals surface area contributed by atoms with E-state index in [1.54, 1.807) is 0 Å². The monoisotopic (exact) mass is 334 g/mol. The third-order valence-electron chi connectivity index (χ3n) is 5.59. The lowest BCUT2D eigenvalue weighted by molar-refractivity contribution is -0.118. The Labute approximate surface area is 149 Å². The summed E-state index contributed by atoms with van der Waals surface area (Å²) in [7, 11) is 0. The maximum Gasteiger partial charge on any atom is 0.163 e. The molecule has 0 saturated heterocycles. The zero-order valence-corrected chi connectivity index (χ0v) is 15.4. The van der Waals surface area contributed by atoms with Crippen LogP contribution in [-0.2, 0) is 4.79 Å². The third kappa shape index (κ3) is 2.78. The number of ketones is 1. The van der Waals surface area contributed by atoms with Gasteiger partial charge in [0.2, 0.25) is 0 Å². The molecular formula is C23H26O2. The minimum absolute atomic E-state index is 0.0143. The van der Waals surface area contributed by atoms with E-state index in [1.165, 1.54) is 16.3 Å². The average molecular weight is 334 g/mol. The summed E-state index contributed by atoms with van der Waals surface area (Å²) in [5, 5.41) is 2.45. The molecule has 1 aliphatic heterocycles. The van der Waals surface area contributed by atoms with E-state index in [1.807, 2.05) is 0 Å². The van der Waals surface area contributed by atoms with Crippen molar-refractivity contribution in [2.24, 2.45) is 5.41 Å². The molecule has 25 heavy (non-hydrogen) atoms. The Balaban J connectivity index is 1.91. The molecule has 1 aliphatic carbocycles. The summed E-state index contributed by atoms with van der Waals surface area (Å²) in [4.78, 5) is 13.0. The molecule has 1 heterocycles. The Morgan fingerprint density at radius 1 is 1.12 bits per heavy atom. The van der Waals surface area contributed by atoms with E-state index < -0.39 is 0 Å². The van der Waals surface area contributed by atoms with Crippen LogP contribution in [-0.4, -0.2) is 5.78 Å². The maximum absolute atomic E-state index is 13.0. The summed E-state index contributed by atoms with van der Waals surface area (Å²) in [6.07, 6.45) is 4.76. The molecule has 1 atom stereocenters. The van der Waals surface area contributed by atoms with Gasteiger partial charge in [-0.1, -0.05) is 63.9 Å². The average Bonchev–Trinajstić information content (AvgIpc) is 2.57. The van der Waals surface area contributed by atoms with E-state index in [2.05, 4.69) is 57.2 Å². The van der Waals surface area contributed by atoms with Gasteiger partial charge in [-0.05, 0) is 28.7 Å². The molecule has 0 saturated carbocycles. The van der Waals surface area contributed by atoms with Gasteiger partial charge in [0.15, 0.2) is 5.78 Å². The SMILES string of the molecule is CCCCC1C2=C(CC(C)(C)CC2=O)Oc2ccc3ccccc3c21. The van der Waals surface area contributed by atoms with Crippen molar-refractivity contribution in [3.63, 3.8) is 0 Å². The van der Waals surface area contributed by atoms with Gasteiger partial charge in [-0.2, -0.15) is 0 Å². The first kappa shape index (κ1) is 16.4. The normalized spacial score (nSPS) is 21.7. The highest BCUT2D eigenvalue weighted by Crippen LogP contribution is 2.51. The molecule has 2 nitrogen and oxygen atoms in total. The number of fused-ring (bicyclic) bond motifs is 3. The predicted octanol–water partition coefficient (Wildman–Crippen LogP) is 6.15. The minimum atomic E-state index is -0.0143. The first-order chi connectivity index (χ1) is 12.0. The molecule has 2 aromatic carbocycles. The molecule has 0 spiro atoms. The lowest BCUT2D eigenvalue weighted by atomic mass is 9.70. The van der Waals surface area contributed by atoms with Crippen LogP contribution in [0.3, 0.4) is 0 Å². The molecule has 0 amide bonds. The summed E-state index contributed by atoms with van der Waals surface area (Å²) in [6, 6.07) is 12.7. The summed E-state index contributed by atoms with van der Waals surface area (Å²) in [5.41, 5.74) is 2.16. The summed E-state index contributed by atoms with van der Waals surface area (Å²) < 4.78 is 6.32. The zero-order valence-electron chi connectivity index (χ0n) is 15.4. The van der Waals surface area contributed by atoms with Crippen LogP contribution >= 0.6 is 0 Å². The second-order valence-corrected chi connectivity index (χ2v) is 8.27. The number of unbranched alkanes of at least 4 members (excludes halogenated alkanes) is 1. The van der Waals surface area contributed by atoms with Gasteiger partial charge in [0, 0.05) is 29.9 Å². The second kappa shape index (κ2) is 6.01. The Bertz CT molecular complexity index is 873. The van der Waals surface area contributed by atoms with Gasteiger partial charge in [0.05, 0.1) is 0 Å². The minimum Gasteiger partial charge on any atom is -0.461 e. The molecular weight excluding hydrogens is 308 g/mol. The van der Waals surface area contributed by atoms with Crippen LogP contribution in [0.1, 0.15) is 64.4 Å². The lowest BCUT2D eigenvalue weighted by Gasteiger charge is -2.38. The maximum atomic E-state index is 13.0. The quantitative estimate of drug-likeness (QED) is 0.673. The standard InChI is InChI=1S/C23H26O2/c1-4-5-9-17-21-16-10-7-6-8-15(16)11-12-19(21)25-20-14-23(2,3)13-18(24)22(17)20/h6-8,10-12,17H,4-5,9,13-14H2,1-3H3. The number of benzene rings is 2. The fraction of sp³-hybridized carbons (Fsp3) is 0.435. The van der Waals surface area contributed by atoms with Crippen LogP contribution in [0.5, 0.6) is 5.75 Å². The van der Waals surface area contributed by atoms with Crippen molar-refractivity contribution in [2.45, 2.75) is 58.8 Å². The molecule has 0 radical (unpaired) electrons. The van der Waals surface area contributed by atoms with Gasteiger partial charge in [0.25, 0.3) is 0 Å². The molecule has 0 bridgehead atoms. The Morgan fingerprint density at radius 2 is 1.92 bits per heavy atom.